The van der Waals surface area contributed by atoms with Gasteiger partial charge in [0.2, 0.25) is 5.91 Å². The number of halogens is 1. The van der Waals surface area contributed by atoms with Crippen LogP contribution in [0.3, 0.4) is 0 Å². The van der Waals surface area contributed by atoms with Crippen molar-refractivity contribution < 1.29 is 9.53 Å². The number of hydrogen-bond donors (Lipinski definition) is 0. The second-order valence-corrected chi connectivity index (χ2v) is 7.51. The first-order valence-corrected chi connectivity index (χ1v) is 8.89. The summed E-state index contributed by atoms with van der Waals surface area (Å²) in [6, 6.07) is 0. The van der Waals surface area contributed by atoms with Crippen LogP contribution in [0.5, 0.6) is 0 Å². The van der Waals surface area contributed by atoms with Crippen LogP contribution in [-0.4, -0.2) is 59.9 Å². The minimum absolute atomic E-state index is 0.0465. The lowest BCUT2D eigenvalue weighted by atomic mass is 9.94. The first-order valence-electron chi connectivity index (χ1n) is 7.47. The highest BCUT2D eigenvalue weighted by Crippen LogP contribution is 2.22. The molecule has 0 N–H and O–H groups in total. The molecule has 1 amide bonds. The number of nitrogens with zero attached hydrogens (tertiary/aromatic N) is 3. The van der Waals surface area contributed by atoms with Crippen molar-refractivity contribution in [2.24, 2.45) is 5.41 Å². The van der Waals surface area contributed by atoms with Crippen LogP contribution in [-0.2, 0) is 22.6 Å². The fourth-order valence-electron chi connectivity index (χ4n) is 2.33. The fraction of sp³-hybridized carbons (Fsp3) is 0.733. The lowest BCUT2D eigenvalue weighted by Gasteiger charge is -2.27. The van der Waals surface area contributed by atoms with Crippen molar-refractivity contribution in [3.63, 3.8) is 0 Å². The molecule has 0 saturated carbocycles. The minimum atomic E-state index is -0.539. The maximum Gasteiger partial charge on any atom is 0.229 e. The van der Waals surface area contributed by atoms with Crippen molar-refractivity contribution in [2.75, 3.05) is 39.2 Å². The zero-order chi connectivity index (χ0) is 16.2. The number of carbonyl (C=O) groups is 1. The number of aromatic nitrogens is 1. The number of morpholine rings is 1. The number of amides is 1. The second kappa shape index (κ2) is 7.73. The summed E-state index contributed by atoms with van der Waals surface area (Å²) in [5, 5.41) is 3.13. The summed E-state index contributed by atoms with van der Waals surface area (Å²) in [5.41, 5.74) is 0.401. The molecule has 1 aliphatic heterocycles. The molecule has 0 radical (unpaired) electrons. The van der Waals surface area contributed by atoms with Crippen LogP contribution in [0.25, 0.3) is 0 Å². The molecular formula is C15H24ClN3O2S. The van der Waals surface area contributed by atoms with Gasteiger partial charge in [-0.1, -0.05) is 0 Å². The van der Waals surface area contributed by atoms with Crippen molar-refractivity contribution in [2.45, 2.75) is 26.9 Å². The van der Waals surface area contributed by atoms with E-state index in [1.807, 2.05) is 19.2 Å². The van der Waals surface area contributed by atoms with Gasteiger partial charge in [-0.15, -0.1) is 22.9 Å². The highest BCUT2D eigenvalue weighted by atomic mass is 35.5. The number of carbonyl (C=O) groups excluding carboxylic acids is 1. The quantitative estimate of drug-likeness (QED) is 0.741. The van der Waals surface area contributed by atoms with Crippen molar-refractivity contribution in [3.05, 3.63) is 16.1 Å². The molecule has 1 saturated heterocycles. The van der Waals surface area contributed by atoms with Gasteiger partial charge in [-0.2, -0.15) is 0 Å². The Labute approximate surface area is 141 Å². The van der Waals surface area contributed by atoms with E-state index in [0.29, 0.717) is 12.4 Å². The first-order chi connectivity index (χ1) is 10.4. The molecule has 0 aromatic carbocycles. The SMILES string of the molecule is CN(Cc1csc(CN2CCOCC2)n1)C(=O)C(C)(C)CCl. The maximum absolute atomic E-state index is 12.3. The zero-order valence-electron chi connectivity index (χ0n) is 13.5. The van der Waals surface area contributed by atoms with Gasteiger partial charge < -0.3 is 9.64 Å². The Balaban J connectivity index is 1.89. The molecule has 0 bridgehead atoms. The van der Waals surface area contributed by atoms with E-state index in [2.05, 4.69) is 9.88 Å². The van der Waals surface area contributed by atoms with Gasteiger partial charge in [-0.05, 0) is 13.8 Å². The summed E-state index contributed by atoms with van der Waals surface area (Å²) in [7, 11) is 1.80. The Bertz CT molecular complexity index is 501. The molecule has 1 fully saturated rings. The Hall–Kier alpha value is -0.690. The number of alkyl halides is 1. The van der Waals surface area contributed by atoms with Gasteiger partial charge in [-0.3, -0.25) is 9.69 Å². The average Bonchev–Trinajstić information content (AvgIpc) is 2.94. The normalized spacial score (nSPS) is 16.7. The molecule has 0 spiro atoms. The molecule has 1 aliphatic rings. The number of hydrogen-bond acceptors (Lipinski definition) is 5. The van der Waals surface area contributed by atoms with Crippen molar-refractivity contribution >= 4 is 28.8 Å². The summed E-state index contributed by atoms with van der Waals surface area (Å²) < 4.78 is 5.35. The summed E-state index contributed by atoms with van der Waals surface area (Å²) in [5.74, 6) is 0.362. The highest BCUT2D eigenvalue weighted by Gasteiger charge is 2.29. The van der Waals surface area contributed by atoms with E-state index in [4.69, 9.17) is 16.3 Å². The topological polar surface area (TPSA) is 45.7 Å². The second-order valence-electron chi connectivity index (χ2n) is 6.30. The van der Waals surface area contributed by atoms with Crippen molar-refractivity contribution in [3.8, 4) is 0 Å². The van der Waals surface area contributed by atoms with Gasteiger partial charge in [0.15, 0.2) is 0 Å². The molecule has 124 valence electrons. The lowest BCUT2D eigenvalue weighted by Crippen LogP contribution is -2.39. The molecule has 7 heteroatoms. The van der Waals surface area contributed by atoms with E-state index in [-0.39, 0.29) is 5.91 Å². The first kappa shape index (κ1) is 17.7. The Kier molecular flexibility index (Phi) is 6.20. The molecule has 0 unspecified atom stereocenters. The molecule has 2 heterocycles. The molecule has 22 heavy (non-hydrogen) atoms. The molecule has 1 aromatic heterocycles. The van der Waals surface area contributed by atoms with Gasteiger partial charge in [-0.25, -0.2) is 4.98 Å². The van der Waals surface area contributed by atoms with E-state index in [1.165, 1.54) is 0 Å². The smallest absolute Gasteiger partial charge is 0.229 e. The Morgan fingerprint density at radius 2 is 2.18 bits per heavy atom. The third kappa shape index (κ3) is 4.65. The van der Waals surface area contributed by atoms with Crippen LogP contribution in [0.4, 0.5) is 0 Å². The van der Waals surface area contributed by atoms with Gasteiger partial charge in [0.25, 0.3) is 0 Å². The third-order valence-electron chi connectivity index (χ3n) is 3.72. The molecule has 0 atom stereocenters. The standard InChI is InChI=1S/C15H24ClN3O2S/c1-15(2,11-16)14(20)18(3)8-12-10-22-13(17-12)9-19-4-6-21-7-5-19/h10H,4-9,11H2,1-3H3. The highest BCUT2D eigenvalue weighted by molar-refractivity contribution is 7.09. The number of ether oxygens (including phenoxy) is 1. The predicted octanol–water partition coefficient (Wildman–Crippen LogP) is 2.20. The van der Waals surface area contributed by atoms with Crippen LogP contribution < -0.4 is 0 Å². The van der Waals surface area contributed by atoms with Crippen LogP contribution >= 0.6 is 22.9 Å². The molecule has 5 nitrogen and oxygen atoms in total. The van der Waals surface area contributed by atoms with Crippen LogP contribution in [0.2, 0.25) is 0 Å². The van der Waals surface area contributed by atoms with Crippen molar-refractivity contribution in [1.82, 2.24) is 14.8 Å². The van der Waals surface area contributed by atoms with E-state index in [0.717, 1.165) is 43.5 Å². The summed E-state index contributed by atoms with van der Waals surface area (Å²) in [4.78, 5) is 21.0. The summed E-state index contributed by atoms with van der Waals surface area (Å²) >= 11 is 7.52. The largest absolute Gasteiger partial charge is 0.379 e. The van der Waals surface area contributed by atoms with Gasteiger partial charge in [0.05, 0.1) is 37.4 Å². The number of rotatable bonds is 6. The summed E-state index contributed by atoms with van der Waals surface area (Å²) in [6.45, 7) is 8.62. The molecular weight excluding hydrogens is 322 g/mol. The third-order valence-corrected chi connectivity index (χ3v) is 5.27. The average molecular weight is 346 g/mol. The molecule has 1 aromatic rings. The summed E-state index contributed by atoms with van der Waals surface area (Å²) in [6.07, 6.45) is 0. The van der Waals surface area contributed by atoms with E-state index < -0.39 is 5.41 Å². The van der Waals surface area contributed by atoms with Gasteiger partial charge >= 0.3 is 0 Å². The van der Waals surface area contributed by atoms with Crippen LogP contribution in [0.15, 0.2) is 5.38 Å². The Morgan fingerprint density at radius 3 is 2.82 bits per heavy atom. The number of thiazole rings is 1. The van der Waals surface area contributed by atoms with Crippen molar-refractivity contribution in [1.29, 1.82) is 0 Å². The minimum Gasteiger partial charge on any atom is -0.379 e. The van der Waals surface area contributed by atoms with E-state index in [1.54, 1.807) is 23.3 Å². The zero-order valence-corrected chi connectivity index (χ0v) is 15.0. The maximum atomic E-state index is 12.3. The van der Waals surface area contributed by atoms with Crippen LogP contribution in [0, 0.1) is 5.41 Å². The fourth-order valence-corrected chi connectivity index (χ4v) is 3.27. The van der Waals surface area contributed by atoms with Gasteiger partial charge in [0.1, 0.15) is 5.01 Å². The van der Waals surface area contributed by atoms with Gasteiger partial charge in [0, 0.05) is 31.4 Å². The van der Waals surface area contributed by atoms with E-state index >= 15 is 0 Å². The lowest BCUT2D eigenvalue weighted by molar-refractivity contribution is -0.138. The van der Waals surface area contributed by atoms with E-state index in [9.17, 15) is 4.79 Å². The molecule has 2 rings (SSSR count). The molecule has 0 aliphatic carbocycles. The predicted molar refractivity (Wildman–Crippen MR) is 89.2 cm³/mol. The van der Waals surface area contributed by atoms with Crippen LogP contribution in [0.1, 0.15) is 24.5 Å². The monoisotopic (exact) mass is 345 g/mol. The Morgan fingerprint density at radius 1 is 1.50 bits per heavy atom.